The number of amides is 2. The van der Waals surface area contributed by atoms with Crippen molar-refractivity contribution >= 4 is 11.8 Å². The highest BCUT2D eigenvalue weighted by molar-refractivity contribution is 5.78. The van der Waals surface area contributed by atoms with Gasteiger partial charge in [-0.3, -0.25) is 9.59 Å². The number of benzene rings is 1. The standard InChI is InChI=1S/C22H32N2O3/c1-27-17-5-14-24-18-22(11-10-21(24)26)12-15-23(16-13-22)20(25)9-8-19-6-3-2-4-7-19/h2-4,6-7H,5,8-18H2,1H3. The number of rotatable bonds is 7. The van der Waals surface area contributed by atoms with E-state index in [1.165, 1.54) is 5.56 Å². The molecule has 0 aromatic heterocycles. The number of aryl methyl sites for hydroxylation is 1. The highest BCUT2D eigenvalue weighted by Crippen LogP contribution is 2.40. The first-order valence-corrected chi connectivity index (χ1v) is 10.2. The van der Waals surface area contributed by atoms with Crippen LogP contribution in [0.1, 0.15) is 44.1 Å². The van der Waals surface area contributed by atoms with Crippen molar-refractivity contribution in [3.8, 4) is 0 Å². The molecule has 0 aliphatic carbocycles. The lowest BCUT2D eigenvalue weighted by molar-refractivity contribution is -0.142. The number of hydrogen-bond donors (Lipinski definition) is 0. The second-order valence-corrected chi connectivity index (χ2v) is 8.03. The monoisotopic (exact) mass is 372 g/mol. The Morgan fingerprint density at radius 3 is 2.59 bits per heavy atom. The Hall–Kier alpha value is -1.88. The molecular weight excluding hydrogens is 340 g/mol. The molecule has 1 spiro atoms. The van der Waals surface area contributed by atoms with Crippen molar-refractivity contribution in [2.45, 2.75) is 44.9 Å². The minimum absolute atomic E-state index is 0.206. The van der Waals surface area contributed by atoms with Gasteiger partial charge in [-0.05, 0) is 43.1 Å². The number of piperidine rings is 2. The lowest BCUT2D eigenvalue weighted by Gasteiger charge is -2.47. The van der Waals surface area contributed by atoms with E-state index in [9.17, 15) is 9.59 Å². The second kappa shape index (κ2) is 9.36. The molecule has 27 heavy (non-hydrogen) atoms. The molecule has 2 amide bonds. The number of methoxy groups -OCH3 is 1. The van der Waals surface area contributed by atoms with Gasteiger partial charge in [0.15, 0.2) is 0 Å². The van der Waals surface area contributed by atoms with Crippen molar-refractivity contribution in [1.82, 2.24) is 9.80 Å². The van der Waals surface area contributed by atoms with Gasteiger partial charge in [-0.1, -0.05) is 30.3 Å². The summed E-state index contributed by atoms with van der Waals surface area (Å²) >= 11 is 0. The Balaban J connectivity index is 1.47. The van der Waals surface area contributed by atoms with Crippen LogP contribution in [0.4, 0.5) is 0 Å². The van der Waals surface area contributed by atoms with Crippen molar-refractivity contribution in [2.24, 2.45) is 5.41 Å². The van der Waals surface area contributed by atoms with Gasteiger partial charge in [0.25, 0.3) is 0 Å². The van der Waals surface area contributed by atoms with E-state index in [0.717, 1.165) is 58.3 Å². The van der Waals surface area contributed by atoms with Crippen molar-refractivity contribution in [2.75, 3.05) is 39.9 Å². The summed E-state index contributed by atoms with van der Waals surface area (Å²) in [6, 6.07) is 10.2. The molecule has 0 radical (unpaired) electrons. The molecular formula is C22H32N2O3. The SMILES string of the molecule is COCCCN1CC2(CCC1=O)CCN(C(=O)CCc1ccccc1)CC2. The average molecular weight is 373 g/mol. The van der Waals surface area contributed by atoms with Gasteiger partial charge in [0.1, 0.15) is 0 Å². The van der Waals surface area contributed by atoms with Crippen molar-refractivity contribution in [3.63, 3.8) is 0 Å². The van der Waals surface area contributed by atoms with Crippen LogP contribution in [0.2, 0.25) is 0 Å². The van der Waals surface area contributed by atoms with Gasteiger partial charge in [0, 0.05) is 52.7 Å². The van der Waals surface area contributed by atoms with E-state index in [2.05, 4.69) is 12.1 Å². The Labute approximate surface area is 162 Å². The predicted octanol–water partition coefficient (Wildman–Crippen LogP) is 2.89. The maximum Gasteiger partial charge on any atom is 0.222 e. The van der Waals surface area contributed by atoms with E-state index in [0.29, 0.717) is 19.4 Å². The first-order chi connectivity index (χ1) is 13.1. The first kappa shape index (κ1) is 19.9. The highest BCUT2D eigenvalue weighted by Gasteiger charge is 2.41. The minimum Gasteiger partial charge on any atom is -0.385 e. The topological polar surface area (TPSA) is 49.9 Å². The molecule has 0 atom stereocenters. The predicted molar refractivity (Wildman–Crippen MR) is 105 cm³/mol. The summed E-state index contributed by atoms with van der Waals surface area (Å²) in [5.74, 6) is 0.538. The van der Waals surface area contributed by atoms with Gasteiger partial charge in [0.2, 0.25) is 11.8 Å². The van der Waals surface area contributed by atoms with Crippen LogP contribution in [-0.2, 0) is 20.7 Å². The highest BCUT2D eigenvalue weighted by atomic mass is 16.5. The molecule has 5 nitrogen and oxygen atoms in total. The summed E-state index contributed by atoms with van der Waals surface area (Å²) in [5, 5.41) is 0. The molecule has 1 aromatic rings. The lowest BCUT2D eigenvalue weighted by Crippen LogP contribution is -2.52. The third-order valence-corrected chi connectivity index (χ3v) is 6.17. The van der Waals surface area contributed by atoms with Crippen molar-refractivity contribution < 1.29 is 14.3 Å². The van der Waals surface area contributed by atoms with Crippen LogP contribution < -0.4 is 0 Å². The number of carbonyl (C=O) groups is 2. The average Bonchev–Trinajstić information content (AvgIpc) is 2.70. The molecule has 148 valence electrons. The van der Waals surface area contributed by atoms with E-state index >= 15 is 0 Å². The molecule has 0 unspecified atom stereocenters. The fourth-order valence-corrected chi connectivity index (χ4v) is 4.40. The molecule has 1 aromatic carbocycles. The summed E-state index contributed by atoms with van der Waals surface area (Å²) in [6.45, 7) is 3.98. The van der Waals surface area contributed by atoms with Gasteiger partial charge in [-0.2, -0.15) is 0 Å². The molecule has 5 heteroatoms. The molecule has 2 aliphatic heterocycles. The maximum absolute atomic E-state index is 12.6. The number of hydrogen-bond acceptors (Lipinski definition) is 3. The van der Waals surface area contributed by atoms with Crippen molar-refractivity contribution in [1.29, 1.82) is 0 Å². The van der Waals surface area contributed by atoms with Crippen LogP contribution in [0.15, 0.2) is 30.3 Å². The van der Waals surface area contributed by atoms with E-state index in [4.69, 9.17) is 4.74 Å². The molecule has 2 saturated heterocycles. The van der Waals surface area contributed by atoms with Gasteiger partial charge in [-0.25, -0.2) is 0 Å². The van der Waals surface area contributed by atoms with Gasteiger partial charge in [-0.15, -0.1) is 0 Å². The number of ether oxygens (including phenoxy) is 1. The van der Waals surface area contributed by atoms with E-state index in [1.807, 2.05) is 28.0 Å². The summed E-state index contributed by atoms with van der Waals surface area (Å²) < 4.78 is 5.12. The largest absolute Gasteiger partial charge is 0.385 e. The van der Waals surface area contributed by atoms with E-state index < -0.39 is 0 Å². The third-order valence-electron chi connectivity index (χ3n) is 6.17. The third kappa shape index (κ3) is 5.32. The molecule has 0 bridgehead atoms. The number of carbonyl (C=O) groups excluding carboxylic acids is 2. The van der Waals surface area contributed by atoms with Crippen LogP contribution in [0, 0.1) is 5.41 Å². The minimum atomic E-state index is 0.206. The summed E-state index contributed by atoms with van der Waals surface area (Å²) in [7, 11) is 1.70. The van der Waals surface area contributed by atoms with Gasteiger partial charge in [0.05, 0.1) is 0 Å². The number of likely N-dealkylation sites (tertiary alicyclic amines) is 2. The summed E-state index contributed by atoms with van der Waals surface area (Å²) in [5.41, 5.74) is 1.42. The lowest BCUT2D eigenvalue weighted by atomic mass is 9.72. The Bertz CT molecular complexity index is 624. The quantitative estimate of drug-likeness (QED) is 0.692. The van der Waals surface area contributed by atoms with Gasteiger partial charge >= 0.3 is 0 Å². The summed E-state index contributed by atoms with van der Waals surface area (Å²) in [6.07, 6.45) is 5.92. The zero-order chi connectivity index (χ0) is 19.1. The Kier molecular flexibility index (Phi) is 6.89. The van der Waals surface area contributed by atoms with Crippen LogP contribution in [0.5, 0.6) is 0 Å². The molecule has 0 saturated carbocycles. The zero-order valence-corrected chi connectivity index (χ0v) is 16.5. The first-order valence-electron chi connectivity index (χ1n) is 10.2. The van der Waals surface area contributed by atoms with Crippen LogP contribution in [0.25, 0.3) is 0 Å². The fourth-order valence-electron chi connectivity index (χ4n) is 4.40. The molecule has 2 heterocycles. The van der Waals surface area contributed by atoms with Crippen molar-refractivity contribution in [3.05, 3.63) is 35.9 Å². The maximum atomic E-state index is 12.6. The molecule has 2 fully saturated rings. The van der Waals surface area contributed by atoms with E-state index in [1.54, 1.807) is 7.11 Å². The Morgan fingerprint density at radius 2 is 1.89 bits per heavy atom. The smallest absolute Gasteiger partial charge is 0.222 e. The molecule has 2 aliphatic rings. The fraction of sp³-hybridized carbons (Fsp3) is 0.636. The molecule has 3 rings (SSSR count). The van der Waals surface area contributed by atoms with E-state index in [-0.39, 0.29) is 17.2 Å². The van der Waals surface area contributed by atoms with Crippen LogP contribution in [-0.4, -0.2) is 61.5 Å². The summed E-state index contributed by atoms with van der Waals surface area (Å²) in [4.78, 5) is 28.9. The second-order valence-electron chi connectivity index (χ2n) is 8.03. The van der Waals surface area contributed by atoms with Gasteiger partial charge < -0.3 is 14.5 Å². The Morgan fingerprint density at radius 1 is 1.15 bits per heavy atom. The van der Waals surface area contributed by atoms with Crippen LogP contribution in [0.3, 0.4) is 0 Å². The molecule has 0 N–H and O–H groups in total. The number of nitrogens with zero attached hydrogens (tertiary/aromatic N) is 2. The van der Waals surface area contributed by atoms with Crippen LogP contribution >= 0.6 is 0 Å². The zero-order valence-electron chi connectivity index (χ0n) is 16.5. The normalized spacial score (nSPS) is 19.5.